The number of carbonyl (C=O) groups is 1. The predicted octanol–water partition coefficient (Wildman–Crippen LogP) is 1.52. The molecular weight excluding hydrogens is 206 g/mol. The van der Waals surface area contributed by atoms with Crippen molar-refractivity contribution in [3.63, 3.8) is 0 Å². The SMILES string of the molecule is CC(C)Cn1c(CCC(=O)O)cccc1=O. The normalized spacial score (nSPS) is 10.7. The van der Waals surface area contributed by atoms with E-state index in [9.17, 15) is 9.59 Å². The molecule has 1 heterocycles. The molecule has 1 aromatic rings. The van der Waals surface area contributed by atoms with Crippen molar-refractivity contribution in [1.29, 1.82) is 0 Å². The zero-order valence-electron chi connectivity index (χ0n) is 9.64. The first-order valence-corrected chi connectivity index (χ1v) is 5.41. The molecule has 0 radical (unpaired) electrons. The Bertz CT molecular complexity index is 421. The highest BCUT2D eigenvalue weighted by molar-refractivity contribution is 5.66. The number of nitrogens with zero attached hydrogens (tertiary/aromatic N) is 1. The Kier molecular flexibility index (Phi) is 4.28. The summed E-state index contributed by atoms with van der Waals surface area (Å²) in [5, 5.41) is 8.63. The van der Waals surface area contributed by atoms with Gasteiger partial charge in [0.25, 0.3) is 5.56 Å². The summed E-state index contributed by atoms with van der Waals surface area (Å²) >= 11 is 0. The molecule has 0 saturated heterocycles. The Morgan fingerprint density at radius 3 is 2.69 bits per heavy atom. The smallest absolute Gasteiger partial charge is 0.303 e. The van der Waals surface area contributed by atoms with E-state index in [2.05, 4.69) is 0 Å². The first-order chi connectivity index (χ1) is 7.50. The topological polar surface area (TPSA) is 59.3 Å². The Labute approximate surface area is 94.5 Å². The third kappa shape index (κ3) is 3.53. The van der Waals surface area contributed by atoms with Crippen LogP contribution in [-0.4, -0.2) is 15.6 Å². The van der Waals surface area contributed by atoms with Gasteiger partial charge >= 0.3 is 5.97 Å². The van der Waals surface area contributed by atoms with Crippen LogP contribution in [0.5, 0.6) is 0 Å². The minimum Gasteiger partial charge on any atom is -0.481 e. The summed E-state index contributed by atoms with van der Waals surface area (Å²) in [6.07, 6.45) is 0.458. The average Bonchev–Trinajstić information content (AvgIpc) is 2.18. The zero-order valence-corrected chi connectivity index (χ0v) is 9.64. The molecule has 0 spiro atoms. The van der Waals surface area contributed by atoms with Gasteiger partial charge in [0, 0.05) is 18.3 Å². The lowest BCUT2D eigenvalue weighted by molar-refractivity contribution is -0.136. The minimum atomic E-state index is -0.840. The molecule has 0 amide bonds. The quantitative estimate of drug-likeness (QED) is 0.823. The number of carboxylic acid groups (broad SMARTS) is 1. The van der Waals surface area contributed by atoms with Crippen molar-refractivity contribution in [1.82, 2.24) is 4.57 Å². The van der Waals surface area contributed by atoms with Gasteiger partial charge in [-0.1, -0.05) is 19.9 Å². The van der Waals surface area contributed by atoms with E-state index in [1.165, 1.54) is 6.07 Å². The standard InChI is InChI=1S/C12H17NO3/c1-9(2)8-13-10(6-7-12(15)16)4-3-5-11(13)14/h3-5,9H,6-8H2,1-2H3,(H,15,16). The monoisotopic (exact) mass is 223 g/mol. The van der Waals surface area contributed by atoms with Crippen LogP contribution in [0, 0.1) is 5.92 Å². The van der Waals surface area contributed by atoms with Crippen LogP contribution in [0.2, 0.25) is 0 Å². The largest absolute Gasteiger partial charge is 0.481 e. The van der Waals surface area contributed by atoms with E-state index in [0.717, 1.165) is 5.69 Å². The Hall–Kier alpha value is -1.58. The molecule has 0 bridgehead atoms. The van der Waals surface area contributed by atoms with Gasteiger partial charge in [-0.3, -0.25) is 9.59 Å². The maximum absolute atomic E-state index is 11.6. The highest BCUT2D eigenvalue weighted by atomic mass is 16.4. The van der Waals surface area contributed by atoms with Gasteiger partial charge in [0.15, 0.2) is 0 Å². The lowest BCUT2D eigenvalue weighted by atomic mass is 10.1. The number of rotatable bonds is 5. The number of aryl methyl sites for hydroxylation is 1. The lowest BCUT2D eigenvalue weighted by Crippen LogP contribution is -2.25. The molecule has 4 heteroatoms. The summed E-state index contributed by atoms with van der Waals surface area (Å²) in [5.41, 5.74) is 0.736. The Morgan fingerprint density at radius 1 is 1.44 bits per heavy atom. The van der Waals surface area contributed by atoms with Crippen molar-refractivity contribution in [3.8, 4) is 0 Å². The van der Waals surface area contributed by atoms with Crippen LogP contribution in [0.15, 0.2) is 23.0 Å². The third-order valence-electron chi connectivity index (χ3n) is 2.28. The molecule has 1 rings (SSSR count). The number of carboxylic acids is 1. The third-order valence-corrected chi connectivity index (χ3v) is 2.28. The number of aromatic nitrogens is 1. The van der Waals surface area contributed by atoms with E-state index in [4.69, 9.17) is 5.11 Å². The number of hydrogen-bond acceptors (Lipinski definition) is 2. The number of pyridine rings is 1. The summed E-state index contributed by atoms with van der Waals surface area (Å²) in [4.78, 5) is 22.1. The molecule has 16 heavy (non-hydrogen) atoms. The molecule has 88 valence electrons. The summed E-state index contributed by atoms with van der Waals surface area (Å²) in [7, 11) is 0. The van der Waals surface area contributed by atoms with Crippen LogP contribution in [0.25, 0.3) is 0 Å². The molecule has 0 aromatic carbocycles. The van der Waals surface area contributed by atoms with Crippen LogP contribution in [0.3, 0.4) is 0 Å². The minimum absolute atomic E-state index is 0.0571. The fraction of sp³-hybridized carbons (Fsp3) is 0.500. The van der Waals surface area contributed by atoms with Crippen molar-refractivity contribution >= 4 is 5.97 Å². The molecule has 0 aliphatic heterocycles. The summed E-state index contributed by atoms with van der Waals surface area (Å²) < 4.78 is 1.66. The van der Waals surface area contributed by atoms with E-state index in [-0.39, 0.29) is 12.0 Å². The lowest BCUT2D eigenvalue weighted by Gasteiger charge is -2.13. The van der Waals surface area contributed by atoms with Gasteiger partial charge in [-0.25, -0.2) is 0 Å². The summed E-state index contributed by atoms with van der Waals surface area (Å²) in [5.74, 6) is -0.476. The van der Waals surface area contributed by atoms with Gasteiger partial charge < -0.3 is 9.67 Å². The van der Waals surface area contributed by atoms with Gasteiger partial charge in [0.1, 0.15) is 0 Å². The second-order valence-corrected chi connectivity index (χ2v) is 4.25. The second-order valence-electron chi connectivity index (χ2n) is 4.25. The van der Waals surface area contributed by atoms with Crippen LogP contribution >= 0.6 is 0 Å². The van der Waals surface area contributed by atoms with Crippen LogP contribution < -0.4 is 5.56 Å². The van der Waals surface area contributed by atoms with Crippen molar-refractivity contribution in [2.45, 2.75) is 33.2 Å². The molecule has 1 N–H and O–H groups in total. The maximum Gasteiger partial charge on any atom is 0.303 e. The van der Waals surface area contributed by atoms with Gasteiger partial charge in [0.05, 0.1) is 6.42 Å². The van der Waals surface area contributed by atoms with Crippen LogP contribution in [-0.2, 0) is 17.8 Å². The molecule has 0 saturated carbocycles. The maximum atomic E-state index is 11.6. The van der Waals surface area contributed by atoms with E-state index in [0.29, 0.717) is 18.9 Å². The summed E-state index contributed by atoms with van der Waals surface area (Å²) in [6, 6.07) is 5.00. The first kappa shape index (κ1) is 12.5. The second kappa shape index (κ2) is 5.49. The molecule has 0 atom stereocenters. The highest BCUT2D eigenvalue weighted by Gasteiger charge is 2.07. The average molecular weight is 223 g/mol. The van der Waals surface area contributed by atoms with Gasteiger partial charge in [-0.05, 0) is 18.4 Å². The molecule has 0 aliphatic rings. The zero-order chi connectivity index (χ0) is 12.1. The van der Waals surface area contributed by atoms with Gasteiger partial charge in [0.2, 0.25) is 0 Å². The summed E-state index contributed by atoms with van der Waals surface area (Å²) in [6.45, 7) is 4.69. The van der Waals surface area contributed by atoms with Crippen molar-refractivity contribution in [2.75, 3.05) is 0 Å². The number of aliphatic carboxylic acids is 1. The molecule has 0 aliphatic carbocycles. The van der Waals surface area contributed by atoms with Crippen LogP contribution in [0.4, 0.5) is 0 Å². The Balaban J connectivity index is 2.93. The van der Waals surface area contributed by atoms with Gasteiger partial charge in [-0.15, -0.1) is 0 Å². The number of hydrogen-bond donors (Lipinski definition) is 1. The van der Waals surface area contributed by atoms with E-state index in [1.807, 2.05) is 19.9 Å². The molecule has 0 fully saturated rings. The Morgan fingerprint density at radius 2 is 2.12 bits per heavy atom. The van der Waals surface area contributed by atoms with E-state index < -0.39 is 5.97 Å². The molecular formula is C12H17NO3. The highest BCUT2D eigenvalue weighted by Crippen LogP contribution is 2.04. The predicted molar refractivity (Wildman–Crippen MR) is 61.5 cm³/mol. The van der Waals surface area contributed by atoms with Gasteiger partial charge in [-0.2, -0.15) is 0 Å². The van der Waals surface area contributed by atoms with Crippen molar-refractivity contribution in [2.24, 2.45) is 5.92 Å². The first-order valence-electron chi connectivity index (χ1n) is 5.41. The molecule has 0 unspecified atom stereocenters. The van der Waals surface area contributed by atoms with E-state index in [1.54, 1.807) is 10.6 Å². The van der Waals surface area contributed by atoms with Crippen molar-refractivity contribution < 1.29 is 9.90 Å². The fourth-order valence-electron chi connectivity index (χ4n) is 1.59. The molecule has 4 nitrogen and oxygen atoms in total. The van der Waals surface area contributed by atoms with Crippen molar-refractivity contribution in [3.05, 3.63) is 34.2 Å². The van der Waals surface area contributed by atoms with Crippen LogP contribution in [0.1, 0.15) is 26.0 Å². The van der Waals surface area contributed by atoms with E-state index >= 15 is 0 Å². The fourth-order valence-corrected chi connectivity index (χ4v) is 1.59. The molecule has 1 aromatic heterocycles.